The molecule has 0 aromatic rings. The van der Waals surface area contributed by atoms with Crippen LogP contribution in [0.1, 0.15) is 0 Å². The Bertz CT molecular complexity index is 241. The molecule has 0 spiro atoms. The first-order valence-electron chi connectivity index (χ1n) is 4.28. The fourth-order valence-corrected chi connectivity index (χ4v) is 1.45. The first-order valence-corrected chi connectivity index (χ1v) is 4.28. The third-order valence-electron chi connectivity index (χ3n) is 2.21. The van der Waals surface area contributed by atoms with Crippen LogP contribution in [-0.4, -0.2) is 37.0 Å². The Hall–Kier alpha value is -0.850. The number of nitrogens with two attached hydrogens (primary N) is 4. The number of rotatable bonds is 6. The summed E-state index contributed by atoms with van der Waals surface area (Å²) in [6.45, 7) is -0.119. The third kappa shape index (κ3) is 2.45. The Balaban J connectivity index is 2.75. The molecule has 1 aliphatic heterocycles. The summed E-state index contributed by atoms with van der Waals surface area (Å²) in [4.78, 5) is 29.1. The highest BCUT2D eigenvalue weighted by molar-refractivity contribution is 5.78. The van der Waals surface area contributed by atoms with Crippen molar-refractivity contribution in [3.63, 3.8) is 0 Å². The maximum atomic E-state index is 11.3. The zero-order valence-electron chi connectivity index (χ0n) is 8.28. The van der Waals surface area contributed by atoms with E-state index in [1.165, 1.54) is 0 Å². The second-order valence-corrected chi connectivity index (χ2v) is 3.07. The van der Waals surface area contributed by atoms with Crippen LogP contribution in [0.5, 0.6) is 0 Å². The fraction of sp³-hybridized carbons (Fsp3) is 0.833. The van der Waals surface area contributed by atoms with Gasteiger partial charge < -0.3 is 9.57 Å². The maximum Gasteiger partial charge on any atom is 0.340 e. The van der Waals surface area contributed by atoms with E-state index in [9.17, 15) is 4.79 Å². The second-order valence-electron chi connectivity index (χ2n) is 3.07. The van der Waals surface area contributed by atoms with E-state index in [4.69, 9.17) is 28.3 Å². The van der Waals surface area contributed by atoms with E-state index >= 15 is 0 Å². The molecule has 1 aliphatic rings. The SMILES string of the molecule is NOCC(ON)C1OC(=O)C(ON)C1ON. The maximum absolute atomic E-state index is 11.3. The fourth-order valence-electron chi connectivity index (χ4n) is 1.45. The minimum Gasteiger partial charge on any atom is -0.454 e. The van der Waals surface area contributed by atoms with Gasteiger partial charge in [-0.25, -0.2) is 28.4 Å². The van der Waals surface area contributed by atoms with E-state index in [0.29, 0.717) is 0 Å². The molecule has 0 saturated carbocycles. The van der Waals surface area contributed by atoms with E-state index in [2.05, 4.69) is 19.4 Å². The van der Waals surface area contributed by atoms with E-state index < -0.39 is 30.4 Å². The summed E-state index contributed by atoms with van der Waals surface area (Å²) < 4.78 is 4.88. The van der Waals surface area contributed by atoms with Crippen LogP contribution in [0.2, 0.25) is 0 Å². The van der Waals surface area contributed by atoms with Gasteiger partial charge in [-0.15, -0.1) is 0 Å². The predicted molar refractivity (Wildman–Crippen MR) is 47.2 cm³/mol. The minimum absolute atomic E-state index is 0.119. The number of carbonyl (C=O) groups excluding carboxylic acids is 1. The summed E-state index contributed by atoms with van der Waals surface area (Å²) in [6.07, 6.45) is -3.87. The van der Waals surface area contributed by atoms with Crippen LogP contribution in [0.4, 0.5) is 0 Å². The van der Waals surface area contributed by atoms with Crippen molar-refractivity contribution in [1.29, 1.82) is 0 Å². The van der Waals surface area contributed by atoms with Gasteiger partial charge >= 0.3 is 5.97 Å². The average molecular weight is 238 g/mol. The van der Waals surface area contributed by atoms with Gasteiger partial charge in [-0.1, -0.05) is 0 Å². The lowest BCUT2D eigenvalue weighted by Gasteiger charge is -2.23. The van der Waals surface area contributed by atoms with E-state index in [0.717, 1.165) is 0 Å². The van der Waals surface area contributed by atoms with Crippen molar-refractivity contribution in [1.82, 2.24) is 0 Å². The molecule has 16 heavy (non-hydrogen) atoms. The third-order valence-corrected chi connectivity index (χ3v) is 2.21. The molecule has 0 aromatic heterocycles. The Labute approximate surface area is 90.5 Å². The number of esters is 1. The lowest BCUT2D eigenvalue weighted by atomic mass is 10.1. The molecule has 10 heteroatoms. The van der Waals surface area contributed by atoms with Gasteiger partial charge in [0.1, 0.15) is 6.10 Å². The Morgan fingerprint density at radius 1 is 1.25 bits per heavy atom. The molecule has 4 unspecified atom stereocenters. The zero-order valence-corrected chi connectivity index (χ0v) is 8.28. The molecule has 4 atom stereocenters. The molecule has 94 valence electrons. The normalized spacial score (nSPS) is 31.5. The van der Waals surface area contributed by atoms with Crippen molar-refractivity contribution in [3.8, 4) is 0 Å². The molecule has 1 heterocycles. The Morgan fingerprint density at radius 2 is 1.94 bits per heavy atom. The van der Waals surface area contributed by atoms with Crippen LogP contribution in [-0.2, 0) is 28.9 Å². The van der Waals surface area contributed by atoms with Gasteiger partial charge in [0.2, 0.25) is 6.10 Å². The number of hydrogen-bond acceptors (Lipinski definition) is 10. The van der Waals surface area contributed by atoms with E-state index in [1.54, 1.807) is 0 Å². The van der Waals surface area contributed by atoms with E-state index in [1.807, 2.05) is 0 Å². The van der Waals surface area contributed by atoms with Gasteiger partial charge in [0, 0.05) is 0 Å². The van der Waals surface area contributed by atoms with Crippen molar-refractivity contribution in [2.45, 2.75) is 24.4 Å². The Kier molecular flexibility index (Phi) is 4.98. The van der Waals surface area contributed by atoms with Crippen molar-refractivity contribution >= 4 is 5.97 Å². The highest BCUT2D eigenvalue weighted by Crippen LogP contribution is 2.23. The summed E-state index contributed by atoms with van der Waals surface area (Å²) in [5.74, 6) is 19.0. The summed E-state index contributed by atoms with van der Waals surface area (Å²) in [5.41, 5.74) is 0. The van der Waals surface area contributed by atoms with Crippen molar-refractivity contribution in [2.75, 3.05) is 6.61 Å². The van der Waals surface area contributed by atoms with Crippen LogP contribution in [0.15, 0.2) is 0 Å². The van der Waals surface area contributed by atoms with Crippen LogP contribution >= 0.6 is 0 Å². The molecular weight excluding hydrogens is 224 g/mol. The number of carbonyl (C=O) groups is 1. The molecule has 0 radical (unpaired) electrons. The number of ether oxygens (including phenoxy) is 1. The molecule has 0 amide bonds. The Morgan fingerprint density at radius 3 is 2.38 bits per heavy atom. The summed E-state index contributed by atoms with van der Waals surface area (Å²) in [6, 6.07) is 0. The lowest BCUT2D eigenvalue weighted by Crippen LogP contribution is -2.47. The predicted octanol–water partition coefficient (Wildman–Crippen LogP) is -3.42. The zero-order chi connectivity index (χ0) is 12.1. The molecular formula is C6H14N4O6. The van der Waals surface area contributed by atoms with Crippen LogP contribution in [0, 0.1) is 0 Å². The molecule has 0 aromatic carbocycles. The van der Waals surface area contributed by atoms with Crippen LogP contribution < -0.4 is 23.6 Å². The molecule has 1 saturated heterocycles. The summed E-state index contributed by atoms with van der Waals surface area (Å²) in [7, 11) is 0. The van der Waals surface area contributed by atoms with Crippen molar-refractivity contribution < 1.29 is 28.9 Å². The number of hydrogen-bond donors (Lipinski definition) is 4. The first kappa shape index (κ1) is 13.2. The van der Waals surface area contributed by atoms with Gasteiger partial charge in [0.25, 0.3) is 0 Å². The van der Waals surface area contributed by atoms with Crippen molar-refractivity contribution in [2.24, 2.45) is 23.6 Å². The molecule has 10 nitrogen and oxygen atoms in total. The summed E-state index contributed by atoms with van der Waals surface area (Å²) >= 11 is 0. The largest absolute Gasteiger partial charge is 0.454 e. The highest BCUT2D eigenvalue weighted by atomic mass is 16.7. The lowest BCUT2D eigenvalue weighted by molar-refractivity contribution is -0.157. The van der Waals surface area contributed by atoms with Gasteiger partial charge in [0.05, 0.1) is 6.61 Å². The molecule has 1 fully saturated rings. The van der Waals surface area contributed by atoms with Gasteiger partial charge in [-0.2, -0.15) is 0 Å². The minimum atomic E-state index is -1.15. The topological polar surface area (TPSA) is 167 Å². The molecule has 8 N–H and O–H groups in total. The van der Waals surface area contributed by atoms with Gasteiger partial charge in [-0.3, -0.25) is 14.5 Å². The monoisotopic (exact) mass is 238 g/mol. The van der Waals surface area contributed by atoms with Gasteiger partial charge in [-0.05, 0) is 0 Å². The standard InChI is InChI=1S/C6H14N4O6/c7-12-1-2(14-8)3-4(15-9)5(16-10)6(11)13-3/h2-5H,1,7-10H2. The van der Waals surface area contributed by atoms with E-state index in [-0.39, 0.29) is 6.61 Å². The smallest absolute Gasteiger partial charge is 0.340 e. The first-order chi connectivity index (χ1) is 7.69. The van der Waals surface area contributed by atoms with Crippen molar-refractivity contribution in [3.05, 3.63) is 0 Å². The second kappa shape index (κ2) is 6.03. The average Bonchev–Trinajstić information content (AvgIpc) is 2.61. The molecule has 0 aliphatic carbocycles. The van der Waals surface area contributed by atoms with Crippen LogP contribution in [0.25, 0.3) is 0 Å². The molecule has 1 rings (SSSR count). The van der Waals surface area contributed by atoms with Gasteiger partial charge in [0.15, 0.2) is 12.2 Å². The summed E-state index contributed by atoms with van der Waals surface area (Å²) in [5, 5.41) is 0. The number of cyclic esters (lactones) is 1. The highest BCUT2D eigenvalue weighted by Gasteiger charge is 2.50. The molecule has 0 bridgehead atoms. The van der Waals surface area contributed by atoms with Crippen LogP contribution in [0.3, 0.4) is 0 Å². The quantitative estimate of drug-likeness (QED) is 0.270.